The van der Waals surface area contributed by atoms with Gasteiger partial charge in [-0.15, -0.1) is 0 Å². The summed E-state index contributed by atoms with van der Waals surface area (Å²) in [4.78, 5) is 14.5. The van der Waals surface area contributed by atoms with E-state index in [4.69, 9.17) is 9.15 Å². The number of Topliss-reactive ketones (excluding diaryl/α,β-unsaturated/α-hetero) is 1. The normalized spacial score (nSPS) is 22.2. The number of allylic oxidation sites excluding steroid dienone is 1. The maximum Gasteiger partial charge on any atom is 0.232 e. The molecule has 5 rings (SSSR count). The molecule has 2 aliphatic rings. The molecule has 1 N–H and O–H groups in total. The fraction of sp³-hybridized carbons (Fsp3) is 0.320. The number of quaternary nitrogens is 1. The highest BCUT2D eigenvalue weighted by molar-refractivity contribution is 9.10. The molecule has 0 aliphatic carbocycles. The van der Waals surface area contributed by atoms with E-state index in [1.807, 2.05) is 24.3 Å². The smallest absolute Gasteiger partial charge is 0.232 e. The Kier molecular flexibility index (Phi) is 5.15. The van der Waals surface area contributed by atoms with E-state index in [0.717, 1.165) is 35.0 Å². The van der Waals surface area contributed by atoms with Crippen LogP contribution in [0.4, 0.5) is 0 Å². The first kappa shape index (κ1) is 20.3. The molecular weight excluding hydrogens is 458 g/mol. The number of furan rings is 1. The van der Waals surface area contributed by atoms with Gasteiger partial charge in [-0.25, -0.2) is 0 Å². The van der Waals surface area contributed by atoms with Crippen molar-refractivity contribution in [1.82, 2.24) is 0 Å². The van der Waals surface area contributed by atoms with E-state index in [0.29, 0.717) is 40.7 Å². The van der Waals surface area contributed by atoms with Crippen molar-refractivity contribution in [2.45, 2.75) is 33.2 Å². The molecule has 1 fully saturated rings. The highest BCUT2D eigenvalue weighted by Gasteiger charge is 2.33. The molecule has 2 atom stereocenters. The van der Waals surface area contributed by atoms with Gasteiger partial charge >= 0.3 is 0 Å². The van der Waals surface area contributed by atoms with Gasteiger partial charge in [0, 0.05) is 27.4 Å². The van der Waals surface area contributed by atoms with Crippen molar-refractivity contribution in [3.63, 3.8) is 0 Å². The van der Waals surface area contributed by atoms with Crippen LogP contribution in [0.1, 0.15) is 47.0 Å². The summed E-state index contributed by atoms with van der Waals surface area (Å²) in [6.45, 7) is 6.71. The molecule has 2 unspecified atom stereocenters. The number of halogens is 1. The number of carbonyl (C=O) groups is 1. The highest BCUT2D eigenvalue weighted by Crippen LogP contribution is 2.41. The van der Waals surface area contributed by atoms with Crippen molar-refractivity contribution in [3.05, 3.63) is 63.0 Å². The minimum Gasteiger partial charge on any atom is -0.872 e. The average molecular weight is 482 g/mol. The van der Waals surface area contributed by atoms with Crippen LogP contribution in [0.2, 0.25) is 0 Å². The van der Waals surface area contributed by atoms with E-state index in [2.05, 4.69) is 22.9 Å². The van der Waals surface area contributed by atoms with E-state index < -0.39 is 0 Å². The van der Waals surface area contributed by atoms with Gasteiger partial charge < -0.3 is 19.2 Å². The Hall–Kier alpha value is -2.57. The standard InChI is InChI=1S/C25H24BrNO4/c1-14-4-3-7-27(12-14)13-19-20(28)8-15(2)23-24(29)22(31-25(19)23)11-18-10-16-9-17(26)5-6-21(16)30-18/h5-6,8-11,14,28H,3-4,7,12-13H2,1-2H3/b22-11-. The SMILES string of the molecule is Cc1cc([O-])c(C[NH+]2CCCC(C)C2)c2c1C(=O)/C(=C/c1cc3cc(Br)ccc3o1)O2. The number of carbonyl (C=O) groups excluding carboxylic acids is 1. The molecule has 0 saturated carbocycles. The van der Waals surface area contributed by atoms with E-state index in [1.54, 1.807) is 19.1 Å². The lowest BCUT2D eigenvalue weighted by Crippen LogP contribution is -3.12. The maximum atomic E-state index is 13.1. The third-order valence-electron chi connectivity index (χ3n) is 6.27. The Morgan fingerprint density at radius 3 is 2.94 bits per heavy atom. The number of fused-ring (bicyclic) bond motifs is 2. The summed E-state index contributed by atoms with van der Waals surface area (Å²) in [6, 6.07) is 9.19. The highest BCUT2D eigenvalue weighted by atomic mass is 79.9. The summed E-state index contributed by atoms with van der Waals surface area (Å²) in [7, 11) is 0. The van der Waals surface area contributed by atoms with Gasteiger partial charge in [0.1, 0.15) is 23.6 Å². The first-order chi connectivity index (χ1) is 14.9. The summed E-state index contributed by atoms with van der Waals surface area (Å²) in [5.74, 6) is 1.57. The van der Waals surface area contributed by atoms with Gasteiger partial charge in [0.05, 0.1) is 18.7 Å². The first-order valence-electron chi connectivity index (χ1n) is 10.7. The zero-order valence-corrected chi connectivity index (χ0v) is 19.2. The summed E-state index contributed by atoms with van der Waals surface area (Å²) < 4.78 is 12.8. The number of likely N-dealkylation sites (tertiary alicyclic amines) is 1. The molecule has 6 heteroatoms. The second-order valence-corrected chi connectivity index (χ2v) is 9.69. The Morgan fingerprint density at radius 1 is 1.29 bits per heavy atom. The van der Waals surface area contributed by atoms with Crippen LogP contribution in [-0.4, -0.2) is 18.9 Å². The molecule has 3 heterocycles. The number of hydrogen-bond donors (Lipinski definition) is 1. The molecule has 5 nitrogen and oxygen atoms in total. The van der Waals surface area contributed by atoms with E-state index in [-0.39, 0.29) is 17.3 Å². The van der Waals surface area contributed by atoms with Gasteiger partial charge in [-0.1, -0.05) is 34.7 Å². The Morgan fingerprint density at radius 2 is 2.13 bits per heavy atom. The van der Waals surface area contributed by atoms with Gasteiger partial charge in [0.2, 0.25) is 5.78 Å². The fourth-order valence-corrected chi connectivity index (χ4v) is 5.16. The van der Waals surface area contributed by atoms with Gasteiger partial charge in [-0.3, -0.25) is 4.79 Å². The van der Waals surface area contributed by atoms with E-state index >= 15 is 0 Å². The van der Waals surface area contributed by atoms with Crippen LogP contribution in [0.25, 0.3) is 17.0 Å². The molecular formula is C25H24BrNO4. The van der Waals surface area contributed by atoms with Gasteiger partial charge in [-0.2, -0.15) is 0 Å². The number of rotatable bonds is 3. The lowest BCUT2D eigenvalue weighted by Gasteiger charge is -2.29. The zero-order chi connectivity index (χ0) is 21.7. The van der Waals surface area contributed by atoms with Crippen molar-refractivity contribution >= 4 is 38.8 Å². The van der Waals surface area contributed by atoms with Crippen LogP contribution < -0.4 is 14.7 Å². The van der Waals surface area contributed by atoms with Crippen molar-refractivity contribution in [2.75, 3.05) is 13.1 Å². The number of aryl methyl sites for hydroxylation is 1. The van der Waals surface area contributed by atoms with Crippen LogP contribution in [-0.2, 0) is 6.54 Å². The number of ether oxygens (including phenoxy) is 1. The molecule has 0 amide bonds. The summed E-state index contributed by atoms with van der Waals surface area (Å²) >= 11 is 3.46. The summed E-state index contributed by atoms with van der Waals surface area (Å²) in [5, 5.41) is 13.8. The molecule has 1 saturated heterocycles. The quantitative estimate of drug-likeness (QED) is 0.573. The molecule has 160 valence electrons. The Balaban J connectivity index is 1.50. The second kappa shape index (κ2) is 7.84. The Bertz CT molecular complexity index is 1230. The number of benzene rings is 2. The third-order valence-corrected chi connectivity index (χ3v) is 6.76. The van der Waals surface area contributed by atoms with E-state index in [1.165, 1.54) is 11.3 Å². The average Bonchev–Trinajstić information content (AvgIpc) is 3.26. The molecule has 1 aromatic heterocycles. The van der Waals surface area contributed by atoms with Gasteiger partial charge in [-0.05, 0) is 49.6 Å². The number of ketones is 1. The molecule has 2 aromatic carbocycles. The number of nitrogens with one attached hydrogen (secondary N) is 1. The molecule has 0 bridgehead atoms. The maximum absolute atomic E-state index is 13.1. The van der Waals surface area contributed by atoms with Crippen molar-refractivity contribution in [3.8, 4) is 11.5 Å². The van der Waals surface area contributed by atoms with Gasteiger partial charge in [0.25, 0.3) is 0 Å². The molecule has 3 aromatic rings. The molecule has 31 heavy (non-hydrogen) atoms. The van der Waals surface area contributed by atoms with Crippen LogP contribution in [0.15, 0.2) is 45.0 Å². The largest absolute Gasteiger partial charge is 0.872 e. The van der Waals surface area contributed by atoms with Crippen molar-refractivity contribution in [1.29, 1.82) is 0 Å². The minimum absolute atomic E-state index is 0.0513. The summed E-state index contributed by atoms with van der Waals surface area (Å²) in [5.41, 5.74) is 2.51. The predicted molar refractivity (Wildman–Crippen MR) is 120 cm³/mol. The molecule has 0 spiro atoms. The fourth-order valence-electron chi connectivity index (χ4n) is 4.78. The number of hydrogen-bond acceptors (Lipinski definition) is 4. The summed E-state index contributed by atoms with van der Waals surface area (Å²) in [6.07, 6.45) is 4.02. The van der Waals surface area contributed by atoms with E-state index in [9.17, 15) is 9.90 Å². The zero-order valence-electron chi connectivity index (χ0n) is 17.6. The van der Waals surface area contributed by atoms with Crippen LogP contribution in [0.5, 0.6) is 11.5 Å². The predicted octanol–water partition coefficient (Wildman–Crippen LogP) is 4.01. The number of piperidine rings is 1. The molecule has 2 aliphatic heterocycles. The van der Waals surface area contributed by atoms with Crippen LogP contribution >= 0.6 is 15.9 Å². The topological polar surface area (TPSA) is 66.9 Å². The molecule has 0 radical (unpaired) electrons. The monoisotopic (exact) mass is 481 g/mol. The third kappa shape index (κ3) is 3.79. The van der Waals surface area contributed by atoms with Crippen molar-refractivity contribution in [2.24, 2.45) is 5.92 Å². The first-order valence-corrected chi connectivity index (χ1v) is 11.5. The Labute approximate surface area is 189 Å². The lowest BCUT2D eigenvalue weighted by molar-refractivity contribution is -0.922. The lowest BCUT2D eigenvalue weighted by atomic mass is 9.97. The minimum atomic E-state index is -0.197. The van der Waals surface area contributed by atoms with Gasteiger partial charge in [0.15, 0.2) is 5.76 Å². The second-order valence-electron chi connectivity index (χ2n) is 8.77. The van der Waals surface area contributed by atoms with Crippen molar-refractivity contribution < 1.29 is 24.0 Å². The van der Waals surface area contributed by atoms with Crippen LogP contribution in [0.3, 0.4) is 0 Å². The van der Waals surface area contributed by atoms with Crippen LogP contribution in [0, 0.1) is 12.8 Å².